The number of allylic oxidation sites excluding steroid dienone is 1. The van der Waals surface area contributed by atoms with E-state index in [9.17, 15) is 9.59 Å². The number of hydrogen-bond donors (Lipinski definition) is 0. The van der Waals surface area contributed by atoms with Crippen LogP contribution in [-0.4, -0.2) is 21.1 Å². The fourth-order valence-electron chi connectivity index (χ4n) is 5.74. The van der Waals surface area contributed by atoms with Crippen molar-refractivity contribution in [3.8, 4) is 10.4 Å². The number of carbonyl (C=O) groups is 2. The molecule has 0 bridgehead atoms. The molecular formula is C36H22N2O2S. The maximum absolute atomic E-state index is 13.5. The van der Waals surface area contributed by atoms with Crippen LogP contribution < -0.4 is 0 Å². The summed E-state index contributed by atoms with van der Waals surface area (Å²) < 4.78 is 2.12. The smallest absolute Gasteiger partial charge is 0.197 e. The van der Waals surface area contributed by atoms with E-state index in [0.29, 0.717) is 23.5 Å². The molecular weight excluding hydrogens is 524 g/mol. The first kappa shape index (κ1) is 23.7. The Hall–Kier alpha value is -5.13. The van der Waals surface area contributed by atoms with Gasteiger partial charge in [-0.2, -0.15) is 0 Å². The van der Waals surface area contributed by atoms with Gasteiger partial charge in [0.15, 0.2) is 11.6 Å². The number of Topliss-reactive ketones (excluding diaryl/α,β-unsaturated/α-hetero) is 2. The van der Waals surface area contributed by atoms with Gasteiger partial charge in [0.25, 0.3) is 0 Å². The summed E-state index contributed by atoms with van der Waals surface area (Å²) in [5.74, 6) is 0.113. The van der Waals surface area contributed by atoms with E-state index in [1.54, 1.807) is 17.4 Å². The molecule has 0 saturated carbocycles. The highest BCUT2D eigenvalue weighted by molar-refractivity contribution is 7.21. The van der Waals surface area contributed by atoms with Crippen molar-refractivity contribution < 1.29 is 9.59 Å². The van der Waals surface area contributed by atoms with Gasteiger partial charge in [-0.25, -0.2) is 4.98 Å². The third kappa shape index (κ3) is 3.93. The van der Waals surface area contributed by atoms with Crippen molar-refractivity contribution in [2.24, 2.45) is 0 Å². The first-order chi connectivity index (χ1) is 20.1. The Balaban J connectivity index is 1.27. The van der Waals surface area contributed by atoms with E-state index in [1.807, 2.05) is 66.7 Å². The quantitative estimate of drug-likeness (QED) is 0.164. The molecule has 2 heterocycles. The largest absolute Gasteiger partial charge is 0.319 e. The summed E-state index contributed by atoms with van der Waals surface area (Å²) in [5.41, 5.74) is 4.32. The Labute approximate surface area is 239 Å². The molecule has 41 heavy (non-hydrogen) atoms. The third-order valence-electron chi connectivity index (χ3n) is 7.83. The van der Waals surface area contributed by atoms with Crippen LogP contribution in [0.4, 0.5) is 0 Å². The van der Waals surface area contributed by atoms with Gasteiger partial charge >= 0.3 is 0 Å². The van der Waals surface area contributed by atoms with Crippen LogP contribution in [0, 0.1) is 0 Å². The average Bonchev–Trinajstić information content (AvgIpc) is 3.64. The van der Waals surface area contributed by atoms with Crippen molar-refractivity contribution in [1.82, 2.24) is 9.55 Å². The zero-order valence-electron chi connectivity index (χ0n) is 21.9. The topological polar surface area (TPSA) is 52.0 Å². The Morgan fingerprint density at radius 3 is 1.95 bits per heavy atom. The highest BCUT2D eigenvalue weighted by Gasteiger charge is 2.34. The summed E-state index contributed by atoms with van der Waals surface area (Å²) in [7, 11) is 0. The lowest BCUT2D eigenvalue weighted by Crippen LogP contribution is -2.06. The van der Waals surface area contributed by atoms with E-state index in [4.69, 9.17) is 4.98 Å². The first-order valence-electron chi connectivity index (χ1n) is 13.5. The van der Waals surface area contributed by atoms with Crippen LogP contribution in [0.3, 0.4) is 0 Å². The molecule has 2 aromatic heterocycles. The molecule has 5 heteroatoms. The second kappa shape index (κ2) is 9.22. The van der Waals surface area contributed by atoms with Crippen molar-refractivity contribution in [3.05, 3.63) is 143 Å². The summed E-state index contributed by atoms with van der Waals surface area (Å²) in [6, 6.07) is 38.6. The number of imidazole rings is 1. The van der Waals surface area contributed by atoms with Crippen molar-refractivity contribution in [3.63, 3.8) is 0 Å². The lowest BCUT2D eigenvalue weighted by molar-refractivity contribution is 0.0990. The third-order valence-corrected chi connectivity index (χ3v) is 8.89. The van der Waals surface area contributed by atoms with Gasteiger partial charge in [-0.05, 0) is 63.0 Å². The number of aromatic nitrogens is 2. The Morgan fingerprint density at radius 1 is 0.659 bits per heavy atom. The fourth-order valence-corrected chi connectivity index (χ4v) is 6.79. The minimum absolute atomic E-state index is 0.163. The molecule has 0 fully saturated rings. The highest BCUT2D eigenvalue weighted by Crippen LogP contribution is 2.36. The first-order valence-corrected chi connectivity index (χ1v) is 14.3. The Morgan fingerprint density at radius 2 is 1.27 bits per heavy atom. The fraction of sp³-hybridized carbons (Fsp3) is 0.0278. The molecule has 7 aromatic rings. The monoisotopic (exact) mass is 546 g/mol. The minimum atomic E-state index is -0.246. The summed E-state index contributed by atoms with van der Waals surface area (Å²) >= 11 is 1.62. The van der Waals surface area contributed by atoms with Crippen LogP contribution in [0.5, 0.6) is 0 Å². The summed E-state index contributed by atoms with van der Waals surface area (Å²) in [6.07, 6.45) is 1.69. The average molecular weight is 547 g/mol. The standard InChI is InChI=1S/C36H22N2O2S/c39-34-28-17-26-12-6-7-13-27(26)18-29(28)35(40)30(34)19-33-37-36-31(20-32(41-36)24-9-2-1-3-10-24)38(33)21-22-14-15-23-8-4-5-11-25(23)16-22/h1-20H,21H2. The zero-order valence-corrected chi connectivity index (χ0v) is 22.7. The highest BCUT2D eigenvalue weighted by atomic mass is 32.1. The van der Waals surface area contributed by atoms with Gasteiger partial charge in [-0.1, -0.05) is 91.0 Å². The molecule has 5 aromatic carbocycles. The molecule has 0 aliphatic heterocycles. The second-order valence-electron chi connectivity index (χ2n) is 10.4. The predicted molar refractivity (Wildman–Crippen MR) is 167 cm³/mol. The predicted octanol–water partition coefficient (Wildman–Crippen LogP) is 8.58. The Bertz CT molecular complexity index is 2160. The van der Waals surface area contributed by atoms with Gasteiger partial charge in [0.1, 0.15) is 10.7 Å². The van der Waals surface area contributed by atoms with Crippen molar-refractivity contribution in [2.75, 3.05) is 0 Å². The van der Waals surface area contributed by atoms with Crippen LogP contribution >= 0.6 is 11.3 Å². The molecule has 0 saturated heterocycles. The molecule has 1 aliphatic rings. The van der Waals surface area contributed by atoms with E-state index < -0.39 is 0 Å². The van der Waals surface area contributed by atoms with Crippen molar-refractivity contribution in [2.45, 2.75) is 6.54 Å². The summed E-state index contributed by atoms with van der Waals surface area (Å²) in [6.45, 7) is 0.560. The SMILES string of the molecule is O=C1C(=Cc2nc3sc(-c4ccccc4)cc3n2Cc2ccc3ccccc3c2)C(=O)c2cc3ccccc3cc21. The lowest BCUT2D eigenvalue weighted by atomic mass is 10.0. The normalized spacial score (nSPS) is 13.0. The molecule has 0 unspecified atom stereocenters. The zero-order chi connectivity index (χ0) is 27.5. The van der Waals surface area contributed by atoms with E-state index >= 15 is 0 Å². The molecule has 0 atom stereocenters. The summed E-state index contributed by atoms with van der Waals surface area (Å²) in [4.78, 5) is 34.0. The number of carbonyl (C=O) groups excluding carboxylic acids is 2. The number of ketones is 2. The summed E-state index contributed by atoms with van der Waals surface area (Å²) in [5, 5.41) is 4.24. The van der Waals surface area contributed by atoms with Gasteiger partial charge < -0.3 is 4.57 Å². The van der Waals surface area contributed by atoms with Crippen LogP contribution in [0.2, 0.25) is 0 Å². The molecule has 0 spiro atoms. The van der Waals surface area contributed by atoms with E-state index in [2.05, 4.69) is 53.1 Å². The molecule has 0 amide bonds. The van der Waals surface area contributed by atoms with E-state index in [1.165, 1.54) is 10.8 Å². The maximum atomic E-state index is 13.5. The number of fused-ring (bicyclic) bond motifs is 4. The van der Waals surface area contributed by atoms with Crippen LogP contribution in [0.25, 0.3) is 48.4 Å². The van der Waals surface area contributed by atoms with E-state index in [0.717, 1.165) is 37.1 Å². The molecule has 194 valence electrons. The number of benzene rings is 5. The number of nitrogens with zero attached hydrogens (tertiary/aromatic N) is 2. The van der Waals surface area contributed by atoms with Crippen LogP contribution in [0.1, 0.15) is 32.1 Å². The van der Waals surface area contributed by atoms with E-state index in [-0.39, 0.29) is 17.1 Å². The number of hydrogen-bond acceptors (Lipinski definition) is 4. The Kier molecular flexibility index (Phi) is 5.34. The molecule has 0 radical (unpaired) electrons. The van der Waals surface area contributed by atoms with Crippen molar-refractivity contribution in [1.29, 1.82) is 0 Å². The lowest BCUT2D eigenvalue weighted by Gasteiger charge is -2.09. The van der Waals surface area contributed by atoms with Gasteiger partial charge in [-0.15, -0.1) is 11.3 Å². The second-order valence-corrected chi connectivity index (χ2v) is 11.4. The van der Waals surface area contributed by atoms with Gasteiger partial charge in [0, 0.05) is 22.5 Å². The van der Waals surface area contributed by atoms with Crippen molar-refractivity contribution >= 4 is 60.9 Å². The molecule has 4 nitrogen and oxygen atoms in total. The number of rotatable bonds is 4. The van der Waals surface area contributed by atoms with Gasteiger partial charge in [-0.3, -0.25) is 9.59 Å². The van der Waals surface area contributed by atoms with Gasteiger partial charge in [0.2, 0.25) is 0 Å². The van der Waals surface area contributed by atoms with Crippen LogP contribution in [-0.2, 0) is 6.54 Å². The molecule has 0 N–H and O–H groups in total. The maximum Gasteiger partial charge on any atom is 0.197 e. The minimum Gasteiger partial charge on any atom is -0.319 e. The number of thiophene rings is 1. The van der Waals surface area contributed by atoms with Gasteiger partial charge in [0.05, 0.1) is 11.1 Å². The molecule has 8 rings (SSSR count). The molecule has 1 aliphatic carbocycles. The van der Waals surface area contributed by atoms with Crippen LogP contribution in [0.15, 0.2) is 121 Å².